The molecule has 3 atom stereocenters. The largest absolute Gasteiger partial charge is 0.481 e. The van der Waals surface area contributed by atoms with Gasteiger partial charge in [-0.3, -0.25) is 4.79 Å². The maximum atomic E-state index is 10.7. The van der Waals surface area contributed by atoms with Gasteiger partial charge in [-0.15, -0.1) is 0 Å². The van der Waals surface area contributed by atoms with E-state index in [-0.39, 0.29) is 5.92 Å². The van der Waals surface area contributed by atoms with E-state index >= 15 is 0 Å². The topological polar surface area (TPSA) is 37.3 Å². The fourth-order valence-electron chi connectivity index (χ4n) is 2.88. The first-order valence-corrected chi connectivity index (χ1v) is 4.26. The summed E-state index contributed by atoms with van der Waals surface area (Å²) >= 11 is 0. The molecule has 0 unspecified atom stereocenters. The van der Waals surface area contributed by atoms with Crippen LogP contribution in [0.4, 0.5) is 0 Å². The lowest BCUT2D eigenvalue weighted by Crippen LogP contribution is -2.39. The average Bonchev–Trinajstić information content (AvgIpc) is 2.40. The van der Waals surface area contributed by atoms with Crippen molar-refractivity contribution < 1.29 is 9.90 Å². The summed E-state index contributed by atoms with van der Waals surface area (Å²) in [5.74, 6) is 0.539. The molecule has 2 bridgehead atoms. The van der Waals surface area contributed by atoms with Gasteiger partial charge in [0.1, 0.15) is 0 Å². The van der Waals surface area contributed by atoms with Gasteiger partial charge < -0.3 is 5.11 Å². The Labute approximate surface area is 66.6 Å². The molecule has 3 rings (SSSR count). The number of hydrogen-bond donors (Lipinski definition) is 1. The van der Waals surface area contributed by atoms with Crippen molar-refractivity contribution >= 4 is 5.97 Å². The summed E-state index contributed by atoms with van der Waals surface area (Å²) in [4.78, 5) is 10.7. The highest BCUT2D eigenvalue weighted by Crippen LogP contribution is 2.64. The second-order valence-electron chi connectivity index (χ2n) is 4.54. The predicted molar refractivity (Wildman–Crippen MR) is 41.1 cm³/mol. The molecular weight excluding hydrogens is 140 g/mol. The van der Waals surface area contributed by atoms with Crippen molar-refractivity contribution in [3.8, 4) is 0 Å². The molecule has 62 valence electrons. The van der Waals surface area contributed by atoms with Crippen molar-refractivity contribution in [1.29, 1.82) is 0 Å². The van der Waals surface area contributed by atoms with Crippen molar-refractivity contribution in [2.24, 2.45) is 23.2 Å². The molecule has 1 N–H and O–H groups in total. The standard InChI is InChI=1S/C9H14O2/c1-9(2)5-3-6(8(10)11)7(9)4-5/h5-7H,3-4H2,1-2H3,(H,10,11)/t5-,6-,7-/m0/s1. The number of aliphatic carboxylic acids is 1. The monoisotopic (exact) mass is 154 g/mol. The summed E-state index contributed by atoms with van der Waals surface area (Å²) in [6.07, 6.45) is 2.08. The maximum absolute atomic E-state index is 10.7. The third-order valence-electron chi connectivity index (χ3n) is 3.89. The minimum atomic E-state index is -0.580. The summed E-state index contributed by atoms with van der Waals surface area (Å²) in [7, 11) is 0. The molecule has 0 heterocycles. The highest BCUT2D eigenvalue weighted by molar-refractivity contribution is 5.71. The molecular formula is C9H14O2. The van der Waals surface area contributed by atoms with E-state index in [0.29, 0.717) is 17.3 Å². The van der Waals surface area contributed by atoms with Crippen LogP contribution in [0.3, 0.4) is 0 Å². The third-order valence-corrected chi connectivity index (χ3v) is 3.89. The first-order valence-electron chi connectivity index (χ1n) is 4.26. The molecule has 0 saturated heterocycles. The van der Waals surface area contributed by atoms with Gasteiger partial charge in [0.05, 0.1) is 5.92 Å². The molecule has 0 radical (unpaired) electrons. The van der Waals surface area contributed by atoms with Crippen LogP contribution in [-0.2, 0) is 4.79 Å². The number of hydrogen-bond acceptors (Lipinski definition) is 1. The van der Waals surface area contributed by atoms with Crippen molar-refractivity contribution in [3.63, 3.8) is 0 Å². The summed E-state index contributed by atoms with van der Waals surface area (Å²) < 4.78 is 0. The molecule has 3 aliphatic carbocycles. The molecule has 0 aromatic heterocycles. The SMILES string of the molecule is CC1(C)[C@H]2C[C@H](C(=O)O)[C@@H]1C2. The fourth-order valence-corrected chi connectivity index (χ4v) is 2.88. The van der Waals surface area contributed by atoms with Gasteiger partial charge in [0.25, 0.3) is 0 Å². The van der Waals surface area contributed by atoms with E-state index < -0.39 is 5.97 Å². The number of carboxylic acid groups (broad SMARTS) is 1. The summed E-state index contributed by atoms with van der Waals surface area (Å²) in [6, 6.07) is 0. The van der Waals surface area contributed by atoms with Gasteiger partial charge in [-0.1, -0.05) is 13.8 Å². The fraction of sp³-hybridized carbons (Fsp3) is 0.889. The predicted octanol–water partition coefficient (Wildman–Crippen LogP) is 1.75. The van der Waals surface area contributed by atoms with Gasteiger partial charge in [0.15, 0.2) is 0 Å². The molecule has 3 fully saturated rings. The molecule has 0 aromatic rings. The van der Waals surface area contributed by atoms with Crippen LogP contribution in [0.2, 0.25) is 0 Å². The molecule has 11 heavy (non-hydrogen) atoms. The third kappa shape index (κ3) is 0.700. The molecule has 2 heteroatoms. The lowest BCUT2D eigenvalue weighted by Gasteiger charge is -2.44. The van der Waals surface area contributed by atoms with Crippen LogP contribution in [0.5, 0.6) is 0 Å². The minimum Gasteiger partial charge on any atom is -0.481 e. The smallest absolute Gasteiger partial charge is 0.306 e. The van der Waals surface area contributed by atoms with Gasteiger partial charge in [0, 0.05) is 0 Å². The van der Waals surface area contributed by atoms with E-state index in [2.05, 4.69) is 13.8 Å². The van der Waals surface area contributed by atoms with E-state index in [9.17, 15) is 4.79 Å². The zero-order valence-corrected chi connectivity index (χ0v) is 7.00. The Morgan fingerprint density at radius 2 is 2.09 bits per heavy atom. The number of fused-ring (bicyclic) bond motifs is 1. The van der Waals surface area contributed by atoms with Crippen molar-refractivity contribution in [1.82, 2.24) is 0 Å². The van der Waals surface area contributed by atoms with Crippen LogP contribution in [0.1, 0.15) is 26.7 Å². The van der Waals surface area contributed by atoms with E-state index in [4.69, 9.17) is 5.11 Å². The van der Waals surface area contributed by atoms with Crippen molar-refractivity contribution in [2.75, 3.05) is 0 Å². The highest BCUT2D eigenvalue weighted by atomic mass is 16.4. The molecule has 3 aliphatic rings. The Morgan fingerprint density at radius 3 is 2.27 bits per heavy atom. The first kappa shape index (κ1) is 7.14. The first-order chi connectivity index (χ1) is 5.03. The van der Waals surface area contributed by atoms with E-state index in [0.717, 1.165) is 12.8 Å². The van der Waals surface area contributed by atoms with E-state index in [1.807, 2.05) is 0 Å². The molecule has 0 aliphatic heterocycles. The average molecular weight is 154 g/mol. The zero-order valence-electron chi connectivity index (χ0n) is 7.00. The lowest BCUT2D eigenvalue weighted by molar-refractivity contribution is -0.144. The normalized spacial score (nSPS) is 45.1. The molecule has 3 saturated carbocycles. The number of carbonyl (C=O) groups is 1. The molecule has 0 aromatic carbocycles. The summed E-state index contributed by atoms with van der Waals surface area (Å²) in [5, 5.41) is 8.84. The van der Waals surface area contributed by atoms with Gasteiger partial charge in [0.2, 0.25) is 0 Å². The van der Waals surface area contributed by atoms with Crippen LogP contribution in [-0.4, -0.2) is 11.1 Å². The minimum absolute atomic E-state index is 0.0324. The number of rotatable bonds is 1. The van der Waals surface area contributed by atoms with E-state index in [1.54, 1.807) is 0 Å². The van der Waals surface area contributed by atoms with Crippen LogP contribution in [0, 0.1) is 23.2 Å². The van der Waals surface area contributed by atoms with Crippen molar-refractivity contribution in [2.45, 2.75) is 26.7 Å². The Bertz CT molecular complexity index is 208. The van der Waals surface area contributed by atoms with Crippen molar-refractivity contribution in [3.05, 3.63) is 0 Å². The maximum Gasteiger partial charge on any atom is 0.306 e. The second kappa shape index (κ2) is 1.79. The van der Waals surface area contributed by atoms with Gasteiger partial charge >= 0.3 is 5.97 Å². The summed E-state index contributed by atoms with van der Waals surface area (Å²) in [6.45, 7) is 4.41. The highest BCUT2D eigenvalue weighted by Gasteiger charge is 2.60. The molecule has 2 nitrogen and oxygen atoms in total. The Balaban J connectivity index is 2.18. The number of carboxylic acids is 1. The Hall–Kier alpha value is -0.530. The second-order valence-corrected chi connectivity index (χ2v) is 4.54. The van der Waals surface area contributed by atoms with Crippen LogP contribution < -0.4 is 0 Å². The lowest BCUT2D eigenvalue weighted by atomic mass is 9.60. The van der Waals surface area contributed by atoms with Gasteiger partial charge in [-0.25, -0.2) is 0 Å². The molecule has 0 amide bonds. The Morgan fingerprint density at radius 1 is 1.45 bits per heavy atom. The van der Waals surface area contributed by atoms with Crippen LogP contribution in [0.15, 0.2) is 0 Å². The van der Waals surface area contributed by atoms with Gasteiger partial charge in [-0.05, 0) is 30.1 Å². The zero-order chi connectivity index (χ0) is 8.22. The van der Waals surface area contributed by atoms with Crippen LogP contribution >= 0.6 is 0 Å². The summed E-state index contributed by atoms with van der Waals surface area (Å²) in [5.41, 5.74) is 0.322. The molecule has 0 spiro atoms. The quantitative estimate of drug-likeness (QED) is 0.624. The Kier molecular flexibility index (Phi) is 1.16. The van der Waals surface area contributed by atoms with Gasteiger partial charge in [-0.2, -0.15) is 0 Å². The van der Waals surface area contributed by atoms with Crippen LogP contribution in [0.25, 0.3) is 0 Å². The van der Waals surface area contributed by atoms with E-state index in [1.165, 1.54) is 0 Å².